The highest BCUT2D eigenvalue weighted by atomic mass is 19.1. The van der Waals surface area contributed by atoms with Gasteiger partial charge in [-0.1, -0.05) is 36.4 Å². The van der Waals surface area contributed by atoms with E-state index in [1.54, 1.807) is 6.07 Å². The average Bonchev–Trinajstić information content (AvgIpc) is 2.48. The predicted octanol–water partition coefficient (Wildman–Crippen LogP) is 3.29. The molecule has 2 nitrogen and oxygen atoms in total. The molecule has 0 aromatic heterocycles. The molecule has 2 aromatic carbocycles. The van der Waals surface area contributed by atoms with Crippen LogP contribution in [-0.4, -0.2) is 19.6 Å². The molecule has 0 saturated carbocycles. The largest absolute Gasteiger partial charge is 0.360 e. The van der Waals surface area contributed by atoms with Gasteiger partial charge in [-0.05, 0) is 30.2 Å². The van der Waals surface area contributed by atoms with E-state index in [9.17, 15) is 4.39 Å². The summed E-state index contributed by atoms with van der Waals surface area (Å²) < 4.78 is 14.3. The summed E-state index contributed by atoms with van der Waals surface area (Å²) in [5.74, 6) is -0.132. The molecule has 0 radical (unpaired) electrons. The second-order valence-corrected chi connectivity index (χ2v) is 5.28. The molecule has 1 heterocycles. The molecule has 0 bridgehead atoms. The van der Waals surface area contributed by atoms with Crippen molar-refractivity contribution in [2.75, 3.05) is 24.5 Å². The number of nitrogens with one attached hydrogen (secondary N) is 1. The van der Waals surface area contributed by atoms with E-state index in [1.807, 2.05) is 37.3 Å². The van der Waals surface area contributed by atoms with Crippen LogP contribution >= 0.6 is 0 Å². The molecule has 104 valence electrons. The van der Waals surface area contributed by atoms with Gasteiger partial charge in [0.1, 0.15) is 5.82 Å². The van der Waals surface area contributed by atoms with Crippen LogP contribution in [0.2, 0.25) is 0 Å². The van der Waals surface area contributed by atoms with Gasteiger partial charge in [0.15, 0.2) is 0 Å². The number of hydrogen-bond donors (Lipinski definition) is 1. The van der Waals surface area contributed by atoms with Crippen molar-refractivity contribution in [1.82, 2.24) is 5.32 Å². The number of benzene rings is 2. The summed E-state index contributed by atoms with van der Waals surface area (Å²) in [6.45, 7) is 4.47. The number of halogens is 1. The van der Waals surface area contributed by atoms with E-state index in [0.717, 1.165) is 25.2 Å². The lowest BCUT2D eigenvalue weighted by Crippen LogP contribution is -2.46. The lowest BCUT2D eigenvalue weighted by Gasteiger charge is -2.38. The third kappa shape index (κ3) is 2.54. The highest BCUT2D eigenvalue weighted by Gasteiger charge is 2.25. The molecule has 0 spiro atoms. The summed E-state index contributed by atoms with van der Waals surface area (Å²) in [5, 5.41) is 3.40. The molecule has 20 heavy (non-hydrogen) atoms. The molecule has 1 aliphatic rings. The van der Waals surface area contributed by atoms with Crippen molar-refractivity contribution in [3.05, 3.63) is 65.5 Å². The Kier molecular flexibility index (Phi) is 3.70. The van der Waals surface area contributed by atoms with Crippen LogP contribution in [0, 0.1) is 12.7 Å². The number of piperazine rings is 1. The predicted molar refractivity (Wildman–Crippen MR) is 80.5 cm³/mol. The lowest BCUT2D eigenvalue weighted by atomic mass is 10.0. The number of anilines is 1. The molecule has 2 aromatic rings. The third-order valence-corrected chi connectivity index (χ3v) is 3.84. The fraction of sp³-hybridized carbons (Fsp3) is 0.294. The topological polar surface area (TPSA) is 15.3 Å². The second-order valence-electron chi connectivity index (χ2n) is 5.28. The second kappa shape index (κ2) is 5.63. The van der Waals surface area contributed by atoms with Crippen molar-refractivity contribution in [1.29, 1.82) is 0 Å². The van der Waals surface area contributed by atoms with Crippen LogP contribution in [0.3, 0.4) is 0 Å². The Labute approximate surface area is 119 Å². The Bertz CT molecular complexity index is 583. The molecular weight excluding hydrogens is 251 g/mol. The van der Waals surface area contributed by atoms with E-state index >= 15 is 0 Å². The van der Waals surface area contributed by atoms with Gasteiger partial charge in [0, 0.05) is 19.6 Å². The first-order valence-corrected chi connectivity index (χ1v) is 7.04. The van der Waals surface area contributed by atoms with Crippen molar-refractivity contribution in [2.24, 2.45) is 0 Å². The zero-order valence-corrected chi connectivity index (χ0v) is 11.6. The van der Waals surface area contributed by atoms with Crippen LogP contribution in [0.15, 0.2) is 48.5 Å². The maximum atomic E-state index is 14.3. The molecule has 1 fully saturated rings. The average molecular weight is 270 g/mol. The number of nitrogens with zero attached hydrogens (tertiary/aromatic N) is 1. The van der Waals surface area contributed by atoms with Gasteiger partial charge in [0.05, 0.1) is 11.7 Å². The van der Waals surface area contributed by atoms with Crippen molar-refractivity contribution >= 4 is 5.69 Å². The summed E-state index contributed by atoms with van der Waals surface area (Å²) in [5.41, 5.74) is 2.88. The SMILES string of the molecule is Cc1ccc(N2CCNCC2c2ccccc2)c(F)c1. The van der Waals surface area contributed by atoms with Gasteiger partial charge in [-0.25, -0.2) is 4.39 Å². The molecule has 3 heteroatoms. The van der Waals surface area contributed by atoms with E-state index in [-0.39, 0.29) is 11.9 Å². The number of aryl methyl sites for hydroxylation is 1. The molecule has 3 rings (SSSR count). The van der Waals surface area contributed by atoms with Gasteiger partial charge < -0.3 is 10.2 Å². The minimum atomic E-state index is -0.132. The smallest absolute Gasteiger partial charge is 0.146 e. The van der Waals surface area contributed by atoms with Gasteiger partial charge in [-0.15, -0.1) is 0 Å². The molecule has 1 N–H and O–H groups in total. The molecular formula is C17H19FN2. The van der Waals surface area contributed by atoms with E-state index in [1.165, 1.54) is 5.56 Å². The zero-order chi connectivity index (χ0) is 13.9. The standard InChI is InChI=1S/C17H19FN2/c1-13-7-8-16(15(18)11-13)20-10-9-19-12-17(20)14-5-3-2-4-6-14/h2-8,11,17,19H,9-10,12H2,1H3. The van der Waals surface area contributed by atoms with E-state index < -0.39 is 0 Å². The van der Waals surface area contributed by atoms with Gasteiger partial charge in [0.25, 0.3) is 0 Å². The fourth-order valence-corrected chi connectivity index (χ4v) is 2.81. The van der Waals surface area contributed by atoms with Crippen LogP contribution in [0.4, 0.5) is 10.1 Å². The maximum Gasteiger partial charge on any atom is 0.146 e. The molecule has 1 atom stereocenters. The van der Waals surface area contributed by atoms with Crippen LogP contribution in [0.1, 0.15) is 17.2 Å². The summed E-state index contributed by atoms with van der Waals surface area (Å²) in [6, 6.07) is 16.0. The molecule has 1 saturated heterocycles. The Balaban J connectivity index is 1.97. The minimum absolute atomic E-state index is 0.132. The quantitative estimate of drug-likeness (QED) is 0.901. The Morgan fingerprint density at radius 1 is 1.15 bits per heavy atom. The van der Waals surface area contributed by atoms with Gasteiger partial charge in [0.2, 0.25) is 0 Å². The van der Waals surface area contributed by atoms with Crippen molar-refractivity contribution in [3.63, 3.8) is 0 Å². The van der Waals surface area contributed by atoms with Crippen LogP contribution < -0.4 is 10.2 Å². The first-order chi connectivity index (χ1) is 9.75. The van der Waals surface area contributed by atoms with Crippen LogP contribution in [0.5, 0.6) is 0 Å². The fourth-order valence-electron chi connectivity index (χ4n) is 2.81. The highest BCUT2D eigenvalue weighted by molar-refractivity contribution is 5.52. The number of hydrogen-bond acceptors (Lipinski definition) is 2. The minimum Gasteiger partial charge on any atom is -0.360 e. The number of rotatable bonds is 2. The normalized spacial score (nSPS) is 19.1. The monoisotopic (exact) mass is 270 g/mol. The first kappa shape index (κ1) is 13.1. The first-order valence-electron chi connectivity index (χ1n) is 7.04. The van der Waals surface area contributed by atoms with Crippen LogP contribution in [0.25, 0.3) is 0 Å². The van der Waals surface area contributed by atoms with Gasteiger partial charge >= 0.3 is 0 Å². The molecule has 1 aliphatic heterocycles. The molecule has 0 aliphatic carbocycles. The molecule has 1 unspecified atom stereocenters. The zero-order valence-electron chi connectivity index (χ0n) is 11.6. The summed E-state index contributed by atoms with van der Waals surface area (Å²) in [4.78, 5) is 2.17. The van der Waals surface area contributed by atoms with E-state index in [0.29, 0.717) is 5.69 Å². The Morgan fingerprint density at radius 3 is 2.70 bits per heavy atom. The van der Waals surface area contributed by atoms with Crippen molar-refractivity contribution in [3.8, 4) is 0 Å². The maximum absolute atomic E-state index is 14.3. The van der Waals surface area contributed by atoms with Crippen molar-refractivity contribution in [2.45, 2.75) is 13.0 Å². The highest BCUT2D eigenvalue weighted by Crippen LogP contribution is 2.30. The van der Waals surface area contributed by atoms with E-state index in [2.05, 4.69) is 22.3 Å². The van der Waals surface area contributed by atoms with Gasteiger partial charge in [-0.3, -0.25) is 0 Å². The molecule has 0 amide bonds. The lowest BCUT2D eigenvalue weighted by molar-refractivity contribution is 0.480. The summed E-state index contributed by atoms with van der Waals surface area (Å²) >= 11 is 0. The Hall–Kier alpha value is -1.87. The summed E-state index contributed by atoms with van der Waals surface area (Å²) in [7, 11) is 0. The van der Waals surface area contributed by atoms with E-state index in [4.69, 9.17) is 0 Å². The van der Waals surface area contributed by atoms with Crippen LogP contribution in [-0.2, 0) is 0 Å². The van der Waals surface area contributed by atoms with Crippen molar-refractivity contribution < 1.29 is 4.39 Å². The third-order valence-electron chi connectivity index (χ3n) is 3.84. The summed E-state index contributed by atoms with van der Waals surface area (Å²) in [6.07, 6.45) is 0. The van der Waals surface area contributed by atoms with Gasteiger partial charge in [-0.2, -0.15) is 0 Å². The Morgan fingerprint density at radius 2 is 1.95 bits per heavy atom.